The minimum absolute atomic E-state index is 0. The molecule has 0 radical (unpaired) electrons. The predicted molar refractivity (Wildman–Crippen MR) is 84.0 cm³/mol. The molecule has 0 aromatic heterocycles. The third kappa shape index (κ3) is 2.37. The molecule has 1 aliphatic heterocycles. The molecule has 1 saturated heterocycles. The number of nitrogens with one attached hydrogen (secondary N) is 2. The van der Waals surface area contributed by atoms with Gasteiger partial charge in [0.15, 0.2) is 0 Å². The van der Waals surface area contributed by atoms with Gasteiger partial charge in [0.05, 0.1) is 0 Å². The van der Waals surface area contributed by atoms with Crippen molar-refractivity contribution in [2.24, 2.45) is 16.7 Å². The first-order valence-electron chi connectivity index (χ1n) is 7.96. The van der Waals surface area contributed by atoms with E-state index in [4.69, 9.17) is 0 Å². The highest BCUT2D eigenvalue weighted by Gasteiger charge is 2.61. The Hall–Kier alpha value is -0.280. The van der Waals surface area contributed by atoms with Crippen molar-refractivity contribution in [3.8, 4) is 0 Å². The average molecular weight is 301 g/mol. The van der Waals surface area contributed by atoms with E-state index < -0.39 is 0 Å². The number of halogens is 1. The second-order valence-electron chi connectivity index (χ2n) is 7.73. The van der Waals surface area contributed by atoms with Crippen LogP contribution in [0, 0.1) is 16.7 Å². The summed E-state index contributed by atoms with van der Waals surface area (Å²) in [4.78, 5) is 12.2. The smallest absolute Gasteiger partial charge is 0.221 e. The van der Waals surface area contributed by atoms with Gasteiger partial charge < -0.3 is 10.6 Å². The molecule has 1 amide bonds. The zero-order chi connectivity index (χ0) is 13.7. The van der Waals surface area contributed by atoms with Crippen LogP contribution in [0.3, 0.4) is 0 Å². The highest BCUT2D eigenvalue weighted by molar-refractivity contribution is 5.85. The maximum atomic E-state index is 12.2. The Labute approximate surface area is 129 Å². The van der Waals surface area contributed by atoms with Crippen molar-refractivity contribution >= 4 is 18.3 Å². The van der Waals surface area contributed by atoms with Gasteiger partial charge in [-0.3, -0.25) is 4.79 Å². The lowest BCUT2D eigenvalue weighted by atomic mass is 9.69. The first kappa shape index (κ1) is 16.1. The van der Waals surface area contributed by atoms with E-state index in [1.807, 2.05) is 0 Å². The lowest BCUT2D eigenvalue weighted by molar-refractivity contribution is -0.123. The molecule has 20 heavy (non-hydrogen) atoms. The summed E-state index contributed by atoms with van der Waals surface area (Å²) in [7, 11) is 0. The van der Waals surface area contributed by atoms with Crippen LogP contribution in [0.4, 0.5) is 0 Å². The van der Waals surface area contributed by atoms with Crippen LogP contribution in [0.15, 0.2) is 0 Å². The molecule has 0 aromatic rings. The first-order chi connectivity index (χ1) is 8.93. The van der Waals surface area contributed by atoms with Gasteiger partial charge in [0.2, 0.25) is 5.91 Å². The van der Waals surface area contributed by atoms with Crippen LogP contribution in [0.1, 0.15) is 59.3 Å². The summed E-state index contributed by atoms with van der Waals surface area (Å²) in [6, 6.07) is 0.814. The molecule has 4 unspecified atom stereocenters. The number of hydrogen-bond acceptors (Lipinski definition) is 2. The predicted octanol–water partition coefficient (Wildman–Crippen LogP) is 2.88. The second-order valence-corrected chi connectivity index (χ2v) is 7.73. The Kier molecular flexibility index (Phi) is 4.42. The summed E-state index contributed by atoms with van der Waals surface area (Å²) in [5.41, 5.74) is 0.687. The summed E-state index contributed by atoms with van der Waals surface area (Å²) in [6.45, 7) is 8.26. The van der Waals surface area contributed by atoms with Crippen LogP contribution in [0.5, 0.6) is 0 Å². The lowest BCUT2D eigenvalue weighted by Crippen LogP contribution is -2.47. The van der Waals surface area contributed by atoms with Gasteiger partial charge in [-0.2, -0.15) is 0 Å². The van der Waals surface area contributed by atoms with Gasteiger partial charge in [0.1, 0.15) is 0 Å². The standard InChI is InChI=1S/C16H28N2O.ClH/c1-15(2)11-6-7-16(15,3)13(9-11)18-14(19)10-12-5-4-8-17-12;/h11-13,17H,4-10H2,1-3H3,(H,18,19);1H. The van der Waals surface area contributed by atoms with Crippen LogP contribution in [0.25, 0.3) is 0 Å². The number of fused-ring (bicyclic) bond motifs is 2. The number of hydrogen-bond donors (Lipinski definition) is 2. The van der Waals surface area contributed by atoms with E-state index in [1.165, 1.54) is 25.7 Å². The molecule has 4 heteroatoms. The van der Waals surface area contributed by atoms with Gasteiger partial charge in [-0.05, 0) is 55.4 Å². The largest absolute Gasteiger partial charge is 0.353 e. The average Bonchev–Trinajstić information content (AvgIpc) is 2.95. The zero-order valence-corrected chi connectivity index (χ0v) is 13.8. The second kappa shape index (κ2) is 5.49. The fourth-order valence-electron chi connectivity index (χ4n) is 4.83. The van der Waals surface area contributed by atoms with Crippen LogP contribution in [-0.4, -0.2) is 24.5 Å². The van der Waals surface area contributed by atoms with Gasteiger partial charge in [-0.25, -0.2) is 0 Å². The molecule has 3 rings (SSSR count). The zero-order valence-electron chi connectivity index (χ0n) is 13.0. The third-order valence-electron chi connectivity index (χ3n) is 6.72. The number of rotatable bonds is 3. The highest BCUT2D eigenvalue weighted by Crippen LogP contribution is 2.65. The molecule has 0 aromatic carbocycles. The summed E-state index contributed by atoms with van der Waals surface area (Å²) in [6.07, 6.45) is 6.85. The Balaban J connectivity index is 0.00000147. The molecule has 3 nitrogen and oxygen atoms in total. The molecular formula is C16H29ClN2O. The fourth-order valence-corrected chi connectivity index (χ4v) is 4.83. The minimum atomic E-state index is 0. The number of amides is 1. The van der Waals surface area contributed by atoms with Crippen molar-refractivity contribution < 1.29 is 4.79 Å². The molecule has 2 N–H and O–H groups in total. The van der Waals surface area contributed by atoms with Gasteiger partial charge in [0.25, 0.3) is 0 Å². The third-order valence-corrected chi connectivity index (χ3v) is 6.72. The van der Waals surface area contributed by atoms with E-state index in [9.17, 15) is 4.79 Å². The quantitative estimate of drug-likeness (QED) is 0.841. The topological polar surface area (TPSA) is 41.1 Å². The number of carbonyl (C=O) groups excluding carboxylic acids is 1. The summed E-state index contributed by atoms with van der Waals surface area (Å²) < 4.78 is 0. The molecule has 0 spiro atoms. The molecule has 2 saturated carbocycles. The molecule has 2 aliphatic carbocycles. The van der Waals surface area contributed by atoms with Gasteiger partial charge >= 0.3 is 0 Å². The monoisotopic (exact) mass is 300 g/mol. The van der Waals surface area contributed by atoms with E-state index in [2.05, 4.69) is 31.4 Å². The maximum absolute atomic E-state index is 12.2. The summed E-state index contributed by atoms with van der Waals surface area (Å²) in [5, 5.41) is 6.77. The van der Waals surface area contributed by atoms with E-state index >= 15 is 0 Å². The molecule has 1 heterocycles. The van der Waals surface area contributed by atoms with E-state index in [-0.39, 0.29) is 18.3 Å². The molecule has 116 valence electrons. The molecule has 3 aliphatic rings. The lowest BCUT2D eigenvalue weighted by Gasteiger charge is -2.39. The van der Waals surface area contributed by atoms with Crippen LogP contribution in [0.2, 0.25) is 0 Å². The van der Waals surface area contributed by atoms with Crippen molar-refractivity contribution in [1.29, 1.82) is 0 Å². The highest BCUT2D eigenvalue weighted by atomic mass is 35.5. The van der Waals surface area contributed by atoms with E-state index in [1.54, 1.807) is 0 Å². The molecule has 2 bridgehead atoms. The summed E-state index contributed by atoms with van der Waals surface area (Å²) in [5.74, 6) is 1.06. The van der Waals surface area contributed by atoms with Crippen molar-refractivity contribution in [2.45, 2.75) is 71.4 Å². The van der Waals surface area contributed by atoms with Crippen LogP contribution in [-0.2, 0) is 4.79 Å². The number of carbonyl (C=O) groups is 1. The normalized spacial score (nSPS) is 41.5. The van der Waals surface area contributed by atoms with Crippen LogP contribution >= 0.6 is 12.4 Å². The first-order valence-corrected chi connectivity index (χ1v) is 7.96. The van der Waals surface area contributed by atoms with Gasteiger partial charge in [0, 0.05) is 18.5 Å². The summed E-state index contributed by atoms with van der Waals surface area (Å²) >= 11 is 0. The molecule has 3 fully saturated rings. The SMILES string of the molecule is CC1(C)C2CCC1(C)C(NC(=O)CC1CCCN1)C2.Cl. The Bertz CT molecular complexity index is 379. The Morgan fingerprint density at radius 2 is 2.05 bits per heavy atom. The maximum Gasteiger partial charge on any atom is 0.221 e. The van der Waals surface area contributed by atoms with Gasteiger partial charge in [-0.15, -0.1) is 12.4 Å². The van der Waals surface area contributed by atoms with Crippen molar-refractivity contribution in [1.82, 2.24) is 10.6 Å². The van der Waals surface area contributed by atoms with Crippen molar-refractivity contribution in [2.75, 3.05) is 6.54 Å². The Morgan fingerprint density at radius 1 is 1.30 bits per heavy atom. The van der Waals surface area contributed by atoms with E-state index in [0.717, 1.165) is 18.9 Å². The minimum Gasteiger partial charge on any atom is -0.353 e. The van der Waals surface area contributed by atoms with Crippen LogP contribution < -0.4 is 10.6 Å². The van der Waals surface area contributed by atoms with Crippen molar-refractivity contribution in [3.05, 3.63) is 0 Å². The van der Waals surface area contributed by atoms with Gasteiger partial charge in [-0.1, -0.05) is 20.8 Å². The van der Waals surface area contributed by atoms with E-state index in [0.29, 0.717) is 29.3 Å². The fraction of sp³-hybridized carbons (Fsp3) is 0.938. The molecular weight excluding hydrogens is 272 g/mol. The Morgan fingerprint density at radius 3 is 2.55 bits per heavy atom. The molecule has 4 atom stereocenters. The van der Waals surface area contributed by atoms with Crippen molar-refractivity contribution in [3.63, 3.8) is 0 Å².